The molecule has 0 heterocycles. The largest absolute Gasteiger partial charge is 0.327 e. The zero-order valence-electron chi connectivity index (χ0n) is 12.8. The van der Waals surface area contributed by atoms with Crippen LogP contribution in [0, 0.1) is 13.8 Å². The van der Waals surface area contributed by atoms with E-state index in [0.29, 0.717) is 0 Å². The molecule has 2 N–H and O–H groups in total. The first-order valence-corrected chi connectivity index (χ1v) is 8.48. The molecule has 2 aromatic rings. The van der Waals surface area contributed by atoms with Crippen molar-refractivity contribution in [1.29, 1.82) is 0 Å². The zero-order valence-corrected chi connectivity index (χ0v) is 14.4. The van der Waals surface area contributed by atoms with Gasteiger partial charge in [0.05, 0.1) is 0 Å². The van der Waals surface area contributed by atoms with Crippen LogP contribution in [-0.4, -0.2) is 6.04 Å². The van der Waals surface area contributed by atoms with Gasteiger partial charge in [-0.25, -0.2) is 0 Å². The predicted octanol–water partition coefficient (Wildman–Crippen LogP) is 5.39. The van der Waals surface area contributed by atoms with Crippen LogP contribution in [0.2, 0.25) is 5.02 Å². The highest BCUT2D eigenvalue weighted by molar-refractivity contribution is 7.99. The summed E-state index contributed by atoms with van der Waals surface area (Å²) in [6.45, 7) is 6.37. The minimum absolute atomic E-state index is 0.181. The van der Waals surface area contributed by atoms with E-state index in [1.165, 1.54) is 16.0 Å². The normalized spacial score (nSPS) is 12.4. The monoisotopic (exact) mass is 319 g/mol. The van der Waals surface area contributed by atoms with E-state index < -0.39 is 0 Å². The standard InChI is InChI=1S/C18H22ClNS/c1-4-15(20)10-14-6-8-17(11-18(14)19)21-16-7-5-12(2)13(3)9-16/h5-9,11,15H,4,10,20H2,1-3H3. The molecule has 21 heavy (non-hydrogen) atoms. The Morgan fingerprint density at radius 3 is 2.33 bits per heavy atom. The fourth-order valence-electron chi connectivity index (χ4n) is 2.10. The fourth-order valence-corrected chi connectivity index (χ4v) is 3.38. The Morgan fingerprint density at radius 2 is 1.71 bits per heavy atom. The molecular formula is C18H22ClNS. The van der Waals surface area contributed by atoms with Crippen molar-refractivity contribution < 1.29 is 0 Å². The van der Waals surface area contributed by atoms with E-state index in [-0.39, 0.29) is 6.04 Å². The molecule has 112 valence electrons. The van der Waals surface area contributed by atoms with Crippen LogP contribution >= 0.6 is 23.4 Å². The molecule has 2 rings (SSSR count). The first-order chi connectivity index (χ1) is 9.99. The first kappa shape index (κ1) is 16.4. The lowest BCUT2D eigenvalue weighted by Crippen LogP contribution is -2.21. The van der Waals surface area contributed by atoms with Gasteiger partial charge in [0.15, 0.2) is 0 Å². The summed E-state index contributed by atoms with van der Waals surface area (Å²) in [4.78, 5) is 2.41. The highest BCUT2D eigenvalue weighted by atomic mass is 35.5. The van der Waals surface area contributed by atoms with Gasteiger partial charge in [0.25, 0.3) is 0 Å². The summed E-state index contributed by atoms with van der Waals surface area (Å²) < 4.78 is 0. The number of benzene rings is 2. The van der Waals surface area contributed by atoms with E-state index in [1.807, 2.05) is 6.07 Å². The van der Waals surface area contributed by atoms with Crippen molar-refractivity contribution in [2.45, 2.75) is 49.4 Å². The van der Waals surface area contributed by atoms with Gasteiger partial charge in [-0.2, -0.15) is 0 Å². The molecule has 1 nitrogen and oxygen atoms in total. The van der Waals surface area contributed by atoms with Crippen molar-refractivity contribution in [2.24, 2.45) is 5.73 Å². The Hall–Kier alpha value is -0.960. The van der Waals surface area contributed by atoms with Gasteiger partial charge in [0.1, 0.15) is 0 Å². The molecule has 1 atom stereocenters. The molecule has 0 fully saturated rings. The average molecular weight is 320 g/mol. The van der Waals surface area contributed by atoms with Crippen molar-refractivity contribution in [1.82, 2.24) is 0 Å². The van der Waals surface area contributed by atoms with Crippen molar-refractivity contribution in [2.75, 3.05) is 0 Å². The maximum absolute atomic E-state index is 6.38. The molecule has 0 saturated carbocycles. The third kappa shape index (κ3) is 4.50. The molecular weight excluding hydrogens is 298 g/mol. The van der Waals surface area contributed by atoms with Crippen molar-refractivity contribution in [3.63, 3.8) is 0 Å². The van der Waals surface area contributed by atoms with Gasteiger partial charge in [0.2, 0.25) is 0 Å². The quantitative estimate of drug-likeness (QED) is 0.799. The maximum atomic E-state index is 6.38. The van der Waals surface area contributed by atoms with Crippen LogP contribution in [0.5, 0.6) is 0 Å². The van der Waals surface area contributed by atoms with Crippen LogP contribution in [-0.2, 0) is 6.42 Å². The third-order valence-corrected chi connectivity index (χ3v) is 5.08. The van der Waals surface area contributed by atoms with Crippen LogP contribution in [0.25, 0.3) is 0 Å². The summed E-state index contributed by atoms with van der Waals surface area (Å²) in [6.07, 6.45) is 1.80. The van der Waals surface area contributed by atoms with Gasteiger partial charge in [0, 0.05) is 20.9 Å². The lowest BCUT2D eigenvalue weighted by Gasteiger charge is -2.11. The first-order valence-electron chi connectivity index (χ1n) is 7.28. The number of nitrogens with two attached hydrogens (primary N) is 1. The molecule has 1 unspecified atom stereocenters. The molecule has 0 amide bonds. The number of hydrogen-bond donors (Lipinski definition) is 1. The Balaban J connectivity index is 2.14. The molecule has 3 heteroatoms. The molecule has 2 aromatic carbocycles. The van der Waals surface area contributed by atoms with Gasteiger partial charge < -0.3 is 5.73 Å². The summed E-state index contributed by atoms with van der Waals surface area (Å²) in [5.41, 5.74) is 9.77. The lowest BCUT2D eigenvalue weighted by molar-refractivity contribution is 0.646. The van der Waals surface area contributed by atoms with E-state index in [9.17, 15) is 0 Å². The number of hydrogen-bond acceptors (Lipinski definition) is 2. The Bertz CT molecular complexity index is 625. The number of aryl methyl sites for hydroxylation is 2. The Labute approximate surface area is 136 Å². The van der Waals surface area contributed by atoms with E-state index in [4.69, 9.17) is 17.3 Å². The molecule has 0 aromatic heterocycles. The molecule has 0 spiro atoms. The second-order valence-electron chi connectivity index (χ2n) is 5.47. The number of rotatable bonds is 5. The van der Waals surface area contributed by atoms with Crippen molar-refractivity contribution >= 4 is 23.4 Å². The Kier molecular flexibility index (Phi) is 5.74. The van der Waals surface area contributed by atoms with Crippen LogP contribution < -0.4 is 5.73 Å². The van der Waals surface area contributed by atoms with E-state index >= 15 is 0 Å². The molecule has 0 aliphatic rings. The topological polar surface area (TPSA) is 26.0 Å². The highest BCUT2D eigenvalue weighted by Gasteiger charge is 2.07. The fraction of sp³-hybridized carbons (Fsp3) is 0.333. The van der Waals surface area contributed by atoms with E-state index in [1.54, 1.807) is 11.8 Å². The second kappa shape index (κ2) is 7.35. The zero-order chi connectivity index (χ0) is 15.4. The molecule has 0 aliphatic carbocycles. The lowest BCUT2D eigenvalue weighted by atomic mass is 10.1. The summed E-state index contributed by atoms with van der Waals surface area (Å²) in [6, 6.07) is 13.0. The van der Waals surface area contributed by atoms with Crippen molar-refractivity contribution in [3.05, 3.63) is 58.1 Å². The van der Waals surface area contributed by atoms with Crippen LogP contribution in [0.4, 0.5) is 0 Å². The Morgan fingerprint density at radius 1 is 1.05 bits per heavy atom. The van der Waals surface area contributed by atoms with Crippen LogP contribution in [0.1, 0.15) is 30.0 Å². The van der Waals surface area contributed by atoms with Gasteiger partial charge >= 0.3 is 0 Å². The minimum atomic E-state index is 0.181. The summed E-state index contributed by atoms with van der Waals surface area (Å²) in [5.74, 6) is 0. The van der Waals surface area contributed by atoms with Crippen LogP contribution in [0.3, 0.4) is 0 Å². The highest BCUT2D eigenvalue weighted by Crippen LogP contribution is 2.32. The minimum Gasteiger partial charge on any atom is -0.327 e. The smallest absolute Gasteiger partial charge is 0.0449 e. The van der Waals surface area contributed by atoms with Gasteiger partial charge in [-0.05, 0) is 67.6 Å². The van der Waals surface area contributed by atoms with E-state index in [0.717, 1.165) is 28.3 Å². The molecule has 0 bridgehead atoms. The number of halogens is 1. The van der Waals surface area contributed by atoms with Crippen molar-refractivity contribution in [3.8, 4) is 0 Å². The van der Waals surface area contributed by atoms with Gasteiger partial charge in [-0.3, -0.25) is 0 Å². The summed E-state index contributed by atoms with van der Waals surface area (Å²) in [5, 5.41) is 0.813. The average Bonchev–Trinajstić information content (AvgIpc) is 2.45. The van der Waals surface area contributed by atoms with Gasteiger partial charge in [-0.1, -0.05) is 42.4 Å². The van der Waals surface area contributed by atoms with E-state index in [2.05, 4.69) is 51.1 Å². The maximum Gasteiger partial charge on any atom is 0.0449 e. The van der Waals surface area contributed by atoms with Gasteiger partial charge in [-0.15, -0.1) is 0 Å². The molecule has 0 radical (unpaired) electrons. The summed E-state index contributed by atoms with van der Waals surface area (Å²) >= 11 is 8.13. The second-order valence-corrected chi connectivity index (χ2v) is 7.03. The molecule has 0 aliphatic heterocycles. The SMILES string of the molecule is CCC(N)Cc1ccc(Sc2ccc(C)c(C)c2)cc1Cl. The predicted molar refractivity (Wildman–Crippen MR) is 93.5 cm³/mol. The summed E-state index contributed by atoms with van der Waals surface area (Å²) in [7, 11) is 0. The third-order valence-electron chi connectivity index (χ3n) is 3.75. The van der Waals surface area contributed by atoms with Crippen LogP contribution in [0.15, 0.2) is 46.2 Å². The molecule has 0 saturated heterocycles.